The van der Waals surface area contributed by atoms with Gasteiger partial charge in [-0.25, -0.2) is 4.39 Å². The molecule has 0 spiro atoms. The number of amides is 2. The van der Waals surface area contributed by atoms with Gasteiger partial charge in [-0.2, -0.15) is 4.98 Å². The van der Waals surface area contributed by atoms with Crippen LogP contribution >= 0.6 is 11.6 Å². The average molecular weight is 552 g/mol. The molecule has 2 aliphatic carbocycles. The van der Waals surface area contributed by atoms with Crippen molar-refractivity contribution in [3.63, 3.8) is 0 Å². The lowest BCUT2D eigenvalue weighted by Gasteiger charge is -2.21. The van der Waals surface area contributed by atoms with Crippen LogP contribution in [0, 0.1) is 12.7 Å². The zero-order chi connectivity index (χ0) is 27.3. The van der Waals surface area contributed by atoms with Crippen LogP contribution in [0.3, 0.4) is 0 Å². The summed E-state index contributed by atoms with van der Waals surface area (Å²) in [6.07, 6.45) is 2.44. The van der Waals surface area contributed by atoms with Crippen molar-refractivity contribution in [2.45, 2.75) is 44.2 Å². The number of carbonyl (C=O) groups excluding carboxylic acids is 2. The second kappa shape index (κ2) is 9.49. The van der Waals surface area contributed by atoms with E-state index in [1.54, 1.807) is 13.0 Å². The highest BCUT2D eigenvalue weighted by Gasteiger charge is 2.52. The van der Waals surface area contributed by atoms with E-state index in [1.807, 2.05) is 18.2 Å². The number of fused-ring (bicyclic) bond motifs is 1. The van der Waals surface area contributed by atoms with E-state index in [4.69, 9.17) is 25.4 Å². The van der Waals surface area contributed by atoms with Crippen LogP contribution in [-0.2, 0) is 11.2 Å². The topological polar surface area (TPSA) is 132 Å². The van der Waals surface area contributed by atoms with Gasteiger partial charge in [-0.05, 0) is 65.2 Å². The third-order valence-electron chi connectivity index (χ3n) is 7.10. The first-order valence-corrected chi connectivity index (χ1v) is 12.7. The number of rotatable bonds is 7. The summed E-state index contributed by atoms with van der Waals surface area (Å²) in [5, 5.41) is 13.6. The Kier molecular flexibility index (Phi) is 6.10. The molecule has 0 saturated heterocycles. The monoisotopic (exact) mass is 551 g/mol. The van der Waals surface area contributed by atoms with Crippen LogP contribution in [0.2, 0.25) is 5.02 Å². The zero-order valence-corrected chi connectivity index (χ0v) is 21.8. The molecular formula is C27H23ClFN5O5. The van der Waals surface area contributed by atoms with E-state index in [-0.39, 0.29) is 40.0 Å². The van der Waals surface area contributed by atoms with Gasteiger partial charge < -0.3 is 24.4 Å². The van der Waals surface area contributed by atoms with E-state index in [0.717, 1.165) is 16.7 Å². The predicted octanol–water partition coefficient (Wildman–Crippen LogP) is 4.57. The minimum Gasteiger partial charge on any atom is -0.479 e. The molecule has 1 fully saturated rings. The second-order valence-corrected chi connectivity index (χ2v) is 10.1. The van der Waals surface area contributed by atoms with Gasteiger partial charge in [0.15, 0.2) is 0 Å². The number of nitrogens with zero attached hydrogens (tertiary/aromatic N) is 3. The number of nitrogens with one attached hydrogen (secondary N) is 2. The highest BCUT2D eigenvalue weighted by molar-refractivity contribution is 6.31. The van der Waals surface area contributed by atoms with E-state index in [1.165, 1.54) is 19.2 Å². The van der Waals surface area contributed by atoms with Crippen LogP contribution < -0.4 is 15.4 Å². The number of carbonyl (C=O) groups is 2. The number of hydrogen-bond donors (Lipinski definition) is 2. The quantitative estimate of drug-likeness (QED) is 0.341. The van der Waals surface area contributed by atoms with Crippen molar-refractivity contribution in [2.24, 2.45) is 0 Å². The first-order valence-electron chi connectivity index (χ1n) is 12.3. The number of hydrogen-bond acceptors (Lipinski definition) is 8. The normalized spacial score (nSPS) is 17.0. The second-order valence-electron chi connectivity index (χ2n) is 9.70. The summed E-state index contributed by atoms with van der Waals surface area (Å²) < 4.78 is 30.0. The van der Waals surface area contributed by atoms with Gasteiger partial charge in [0.2, 0.25) is 23.4 Å². The minimum absolute atomic E-state index is 0.0301. The van der Waals surface area contributed by atoms with Gasteiger partial charge in [0.1, 0.15) is 11.4 Å². The van der Waals surface area contributed by atoms with Crippen LogP contribution in [0.4, 0.5) is 4.39 Å². The molecular weight excluding hydrogens is 529 g/mol. The Labute approximate surface area is 226 Å². The van der Waals surface area contributed by atoms with Crippen molar-refractivity contribution in [3.05, 3.63) is 70.0 Å². The minimum atomic E-state index is -0.990. The molecule has 2 N–H and O–H groups in total. The van der Waals surface area contributed by atoms with Gasteiger partial charge >= 0.3 is 0 Å². The molecule has 200 valence electrons. The molecule has 1 saturated carbocycles. The zero-order valence-electron chi connectivity index (χ0n) is 21.0. The summed E-state index contributed by atoms with van der Waals surface area (Å²) in [5.74, 6) is -0.726. The Morgan fingerprint density at radius 3 is 2.67 bits per heavy atom. The maximum absolute atomic E-state index is 15.0. The molecule has 0 bridgehead atoms. The van der Waals surface area contributed by atoms with Crippen molar-refractivity contribution in [1.29, 1.82) is 0 Å². The third-order valence-corrected chi connectivity index (χ3v) is 7.32. The Hall–Kier alpha value is -4.25. The largest absolute Gasteiger partial charge is 0.479 e. The number of benzene rings is 2. The highest BCUT2D eigenvalue weighted by atomic mass is 35.5. The fraction of sp³-hybridized carbons (Fsp3) is 0.296. The maximum atomic E-state index is 15.0. The summed E-state index contributed by atoms with van der Waals surface area (Å²) in [7, 11) is 1.42. The smallest absolute Gasteiger partial charge is 0.290 e. The number of ether oxygens (including phenoxy) is 1. The molecule has 2 aromatic carbocycles. The molecule has 4 aromatic rings. The van der Waals surface area contributed by atoms with E-state index in [0.29, 0.717) is 37.1 Å². The lowest BCUT2D eigenvalue weighted by Crippen LogP contribution is -2.49. The first kappa shape index (κ1) is 25.1. The van der Waals surface area contributed by atoms with Crippen LogP contribution in [0.25, 0.3) is 22.5 Å². The molecule has 0 aliphatic heterocycles. The third kappa shape index (κ3) is 4.63. The van der Waals surface area contributed by atoms with E-state index < -0.39 is 17.3 Å². The Bertz CT molecular complexity index is 1610. The Balaban J connectivity index is 1.21. The fourth-order valence-corrected chi connectivity index (χ4v) is 5.14. The fourth-order valence-electron chi connectivity index (χ4n) is 4.94. The van der Waals surface area contributed by atoms with Crippen LogP contribution in [0.15, 0.2) is 45.4 Å². The van der Waals surface area contributed by atoms with Gasteiger partial charge in [-0.1, -0.05) is 35.0 Å². The summed E-state index contributed by atoms with van der Waals surface area (Å²) >= 11 is 6.20. The SMILES string of the molecule is COc1cc(C(=O)NC2(C(=O)N[C@H]3CCc4cc(-c5cc(Cl)cc(F)c5-c5noc(C)n5)ccc43)CC2)on1. The number of halogens is 2. The summed E-state index contributed by atoms with van der Waals surface area (Å²) in [5.41, 5.74) is 2.49. The predicted molar refractivity (Wildman–Crippen MR) is 137 cm³/mol. The summed E-state index contributed by atoms with van der Waals surface area (Å²) in [6, 6.07) is 9.78. The van der Waals surface area contributed by atoms with Gasteiger partial charge in [-0.15, -0.1) is 0 Å². The number of aromatic nitrogens is 3. The van der Waals surface area contributed by atoms with Crippen molar-refractivity contribution in [1.82, 2.24) is 25.9 Å². The van der Waals surface area contributed by atoms with Gasteiger partial charge in [0.25, 0.3) is 11.8 Å². The number of methoxy groups -OCH3 is 1. The van der Waals surface area contributed by atoms with E-state index in [9.17, 15) is 9.59 Å². The molecule has 12 heteroatoms. The van der Waals surface area contributed by atoms with Crippen LogP contribution in [0.5, 0.6) is 5.88 Å². The lowest BCUT2D eigenvalue weighted by atomic mass is 9.95. The first-order chi connectivity index (χ1) is 18.8. The van der Waals surface area contributed by atoms with Crippen molar-refractivity contribution in [3.8, 4) is 28.4 Å². The van der Waals surface area contributed by atoms with Crippen molar-refractivity contribution >= 4 is 23.4 Å². The van der Waals surface area contributed by atoms with Gasteiger partial charge in [-0.3, -0.25) is 9.59 Å². The highest BCUT2D eigenvalue weighted by Crippen LogP contribution is 2.41. The molecule has 2 aliphatic rings. The lowest BCUT2D eigenvalue weighted by molar-refractivity contribution is -0.124. The number of aryl methyl sites for hydroxylation is 2. The van der Waals surface area contributed by atoms with Crippen LogP contribution in [-0.4, -0.2) is 39.8 Å². The molecule has 2 aromatic heterocycles. The molecule has 2 heterocycles. The molecule has 0 radical (unpaired) electrons. The van der Waals surface area contributed by atoms with Gasteiger partial charge in [0, 0.05) is 11.9 Å². The molecule has 0 unspecified atom stereocenters. The van der Waals surface area contributed by atoms with E-state index in [2.05, 4.69) is 25.9 Å². The van der Waals surface area contributed by atoms with Gasteiger partial charge in [0.05, 0.1) is 24.8 Å². The van der Waals surface area contributed by atoms with Crippen molar-refractivity contribution < 1.29 is 27.8 Å². The molecule has 6 rings (SSSR count). The molecule has 10 nitrogen and oxygen atoms in total. The Morgan fingerprint density at radius 2 is 1.97 bits per heavy atom. The van der Waals surface area contributed by atoms with Crippen molar-refractivity contribution in [2.75, 3.05) is 7.11 Å². The molecule has 2 amide bonds. The summed E-state index contributed by atoms with van der Waals surface area (Å²) in [6.45, 7) is 1.64. The molecule has 39 heavy (non-hydrogen) atoms. The molecule has 1 atom stereocenters. The standard InChI is InChI=1S/C27H23ClFN5O5/c1-13-30-24(34-38-13)23-18(10-16(28)11-19(23)29)15-3-5-17-14(9-15)4-6-20(17)31-26(36)27(7-8-27)32-25(35)21-12-22(37-2)33-39-21/h3,5,9-12,20H,4,6-8H2,1-2H3,(H,31,36)(H,32,35)/t20-/m0/s1. The Morgan fingerprint density at radius 1 is 1.15 bits per heavy atom. The van der Waals surface area contributed by atoms with E-state index >= 15 is 4.39 Å². The maximum Gasteiger partial charge on any atom is 0.290 e. The summed E-state index contributed by atoms with van der Waals surface area (Å²) in [4.78, 5) is 30.0. The van der Waals surface area contributed by atoms with Crippen LogP contribution in [0.1, 0.15) is 52.9 Å². The average Bonchev–Trinajstić information content (AvgIpc) is 3.24.